The maximum Gasteiger partial charge on any atom is 0.262 e. The zero-order valence-corrected chi connectivity index (χ0v) is 14.8. The third-order valence-corrected chi connectivity index (χ3v) is 5.60. The minimum Gasteiger partial charge on any atom is -0.282 e. The van der Waals surface area contributed by atoms with E-state index in [-0.39, 0.29) is 12.5 Å². The third kappa shape index (κ3) is 2.28. The number of benzene rings is 2. The Bertz CT molecular complexity index is 1090. The van der Waals surface area contributed by atoms with Crippen molar-refractivity contribution < 1.29 is 14.4 Å². The van der Waals surface area contributed by atoms with Crippen molar-refractivity contribution in [2.45, 2.75) is 25.7 Å². The lowest BCUT2D eigenvalue weighted by Crippen LogP contribution is -2.37. The van der Waals surface area contributed by atoms with Crippen molar-refractivity contribution in [1.82, 2.24) is 9.47 Å². The van der Waals surface area contributed by atoms with Gasteiger partial charge in [-0.15, -0.1) is 0 Å². The van der Waals surface area contributed by atoms with E-state index >= 15 is 0 Å². The van der Waals surface area contributed by atoms with E-state index in [2.05, 4.69) is 0 Å². The lowest BCUT2D eigenvalue weighted by atomic mass is 9.95. The fraction of sp³-hybridized carbons (Fsp3) is 0.227. The minimum absolute atomic E-state index is 0.233. The highest BCUT2D eigenvalue weighted by molar-refractivity contribution is 6.22. The first kappa shape index (κ1) is 16.0. The summed E-state index contributed by atoms with van der Waals surface area (Å²) in [6.45, 7) is -0.239. The summed E-state index contributed by atoms with van der Waals surface area (Å²) in [6.07, 6.45) is 3.97. The SMILES string of the molecule is O=C1c2ccccc2C(=O)N1CC(=O)n1c2c(c3ccccc31)CCCC2. The molecule has 5 nitrogen and oxygen atoms in total. The summed E-state index contributed by atoms with van der Waals surface area (Å²) in [5, 5.41) is 1.10. The van der Waals surface area contributed by atoms with Gasteiger partial charge in [0.15, 0.2) is 0 Å². The summed E-state index contributed by atoms with van der Waals surface area (Å²) < 4.78 is 1.73. The smallest absolute Gasteiger partial charge is 0.262 e. The van der Waals surface area contributed by atoms with Gasteiger partial charge in [0.1, 0.15) is 6.54 Å². The molecule has 0 spiro atoms. The normalized spacial score (nSPS) is 15.9. The molecular formula is C22H18N2O3. The van der Waals surface area contributed by atoms with Gasteiger partial charge in [0.2, 0.25) is 0 Å². The molecule has 1 aliphatic heterocycles. The highest BCUT2D eigenvalue weighted by Gasteiger charge is 2.37. The molecule has 2 amide bonds. The van der Waals surface area contributed by atoms with Crippen molar-refractivity contribution in [2.24, 2.45) is 0 Å². The van der Waals surface area contributed by atoms with Gasteiger partial charge >= 0.3 is 0 Å². The molecule has 5 rings (SSSR count). The van der Waals surface area contributed by atoms with Crippen LogP contribution in [0.5, 0.6) is 0 Å². The number of aryl methyl sites for hydroxylation is 1. The maximum atomic E-state index is 13.2. The molecule has 27 heavy (non-hydrogen) atoms. The van der Waals surface area contributed by atoms with E-state index < -0.39 is 11.8 Å². The highest BCUT2D eigenvalue weighted by atomic mass is 16.2. The lowest BCUT2D eigenvalue weighted by molar-refractivity contribution is 0.0605. The molecule has 0 fully saturated rings. The van der Waals surface area contributed by atoms with E-state index in [0.717, 1.165) is 47.2 Å². The van der Waals surface area contributed by atoms with Crippen LogP contribution < -0.4 is 0 Å². The number of amides is 2. The number of rotatable bonds is 2. The van der Waals surface area contributed by atoms with Crippen molar-refractivity contribution in [1.29, 1.82) is 0 Å². The summed E-state index contributed by atoms with van der Waals surface area (Å²) in [7, 11) is 0. The van der Waals surface area contributed by atoms with Gasteiger partial charge < -0.3 is 0 Å². The van der Waals surface area contributed by atoms with Crippen LogP contribution in [0.25, 0.3) is 10.9 Å². The Hall–Kier alpha value is -3.21. The molecule has 0 N–H and O–H groups in total. The minimum atomic E-state index is -0.394. The number of carbonyl (C=O) groups is 3. The average Bonchev–Trinajstić information content (AvgIpc) is 3.16. The summed E-state index contributed by atoms with van der Waals surface area (Å²) in [4.78, 5) is 39.5. The number of nitrogens with zero attached hydrogens (tertiary/aromatic N) is 2. The molecule has 0 bridgehead atoms. The van der Waals surface area contributed by atoms with Crippen LogP contribution in [0.15, 0.2) is 48.5 Å². The summed E-state index contributed by atoms with van der Waals surface area (Å²) in [5.74, 6) is -1.02. The Kier molecular flexibility index (Phi) is 3.50. The molecule has 0 atom stereocenters. The Morgan fingerprint density at radius 1 is 0.852 bits per heavy atom. The fourth-order valence-corrected chi connectivity index (χ4v) is 4.37. The quantitative estimate of drug-likeness (QED) is 0.659. The first-order valence-corrected chi connectivity index (χ1v) is 9.26. The average molecular weight is 358 g/mol. The van der Waals surface area contributed by atoms with Gasteiger partial charge in [-0.1, -0.05) is 30.3 Å². The molecule has 1 aliphatic carbocycles. The molecule has 5 heteroatoms. The van der Waals surface area contributed by atoms with Gasteiger partial charge in [-0.25, -0.2) is 0 Å². The van der Waals surface area contributed by atoms with Crippen molar-refractivity contribution in [3.05, 3.63) is 70.9 Å². The van der Waals surface area contributed by atoms with Gasteiger partial charge in [0, 0.05) is 11.1 Å². The van der Waals surface area contributed by atoms with Gasteiger partial charge in [0.05, 0.1) is 16.6 Å². The number of hydrogen-bond donors (Lipinski definition) is 0. The lowest BCUT2D eigenvalue weighted by Gasteiger charge is -2.18. The second-order valence-electron chi connectivity index (χ2n) is 7.12. The number of fused-ring (bicyclic) bond motifs is 4. The molecule has 0 unspecified atom stereocenters. The number of carbonyl (C=O) groups excluding carboxylic acids is 3. The predicted octanol–water partition coefficient (Wildman–Crippen LogP) is 3.46. The Balaban J connectivity index is 1.55. The van der Waals surface area contributed by atoms with Crippen LogP contribution in [-0.2, 0) is 12.8 Å². The van der Waals surface area contributed by atoms with Crippen LogP contribution >= 0.6 is 0 Å². The molecule has 2 heterocycles. The molecule has 2 aliphatic rings. The first-order chi connectivity index (χ1) is 13.2. The standard InChI is InChI=1S/C22H18N2O3/c25-20(13-23-21(26)16-9-1-2-10-17(16)22(23)27)24-18-11-5-3-7-14(18)15-8-4-6-12-19(15)24/h1-3,5,7,9-11H,4,6,8,12-13H2. The Morgan fingerprint density at radius 2 is 1.48 bits per heavy atom. The van der Waals surface area contributed by atoms with Gasteiger partial charge in [0.25, 0.3) is 17.7 Å². The van der Waals surface area contributed by atoms with Crippen LogP contribution in [0.2, 0.25) is 0 Å². The van der Waals surface area contributed by atoms with Crippen molar-refractivity contribution in [3.63, 3.8) is 0 Å². The second-order valence-corrected chi connectivity index (χ2v) is 7.12. The van der Waals surface area contributed by atoms with E-state index in [9.17, 15) is 14.4 Å². The molecule has 134 valence electrons. The molecule has 0 saturated heterocycles. The zero-order valence-electron chi connectivity index (χ0n) is 14.8. The van der Waals surface area contributed by atoms with E-state index in [1.807, 2.05) is 24.3 Å². The highest BCUT2D eigenvalue weighted by Crippen LogP contribution is 2.32. The number of imide groups is 1. The molecular weight excluding hydrogens is 340 g/mol. The van der Waals surface area contributed by atoms with E-state index in [1.165, 1.54) is 5.56 Å². The fourth-order valence-electron chi connectivity index (χ4n) is 4.37. The van der Waals surface area contributed by atoms with E-state index in [0.29, 0.717) is 11.1 Å². The largest absolute Gasteiger partial charge is 0.282 e. The summed E-state index contributed by atoms with van der Waals surface area (Å²) >= 11 is 0. The zero-order chi connectivity index (χ0) is 18.5. The molecule has 3 aromatic rings. The molecule has 2 aromatic carbocycles. The van der Waals surface area contributed by atoms with Crippen LogP contribution in [-0.4, -0.2) is 33.7 Å². The topological polar surface area (TPSA) is 59.4 Å². The van der Waals surface area contributed by atoms with Crippen molar-refractivity contribution in [2.75, 3.05) is 6.54 Å². The third-order valence-electron chi connectivity index (χ3n) is 5.60. The molecule has 1 aromatic heterocycles. The summed E-state index contributed by atoms with van der Waals surface area (Å²) in [5.41, 5.74) is 3.87. The van der Waals surface area contributed by atoms with Crippen LogP contribution in [0, 0.1) is 0 Å². The second kappa shape index (κ2) is 5.91. The van der Waals surface area contributed by atoms with E-state index in [4.69, 9.17) is 0 Å². The van der Waals surface area contributed by atoms with Gasteiger partial charge in [-0.3, -0.25) is 23.9 Å². The number of para-hydroxylation sites is 1. The van der Waals surface area contributed by atoms with Gasteiger partial charge in [-0.05, 0) is 49.4 Å². The Morgan fingerprint density at radius 3 is 2.22 bits per heavy atom. The monoisotopic (exact) mass is 358 g/mol. The van der Waals surface area contributed by atoms with Crippen LogP contribution in [0.1, 0.15) is 49.6 Å². The Labute approximate surface area is 156 Å². The number of hydrogen-bond acceptors (Lipinski definition) is 3. The van der Waals surface area contributed by atoms with Crippen molar-refractivity contribution in [3.8, 4) is 0 Å². The maximum absolute atomic E-state index is 13.2. The van der Waals surface area contributed by atoms with E-state index in [1.54, 1.807) is 28.8 Å². The molecule has 0 radical (unpaired) electrons. The van der Waals surface area contributed by atoms with Crippen LogP contribution in [0.3, 0.4) is 0 Å². The predicted molar refractivity (Wildman–Crippen MR) is 101 cm³/mol. The van der Waals surface area contributed by atoms with Crippen LogP contribution in [0.4, 0.5) is 0 Å². The number of aromatic nitrogens is 1. The molecule has 0 saturated carbocycles. The van der Waals surface area contributed by atoms with Gasteiger partial charge in [-0.2, -0.15) is 0 Å². The summed E-state index contributed by atoms with van der Waals surface area (Å²) in [6, 6.07) is 14.6. The first-order valence-electron chi connectivity index (χ1n) is 9.26. The van der Waals surface area contributed by atoms with Crippen molar-refractivity contribution >= 4 is 28.6 Å².